The lowest BCUT2D eigenvalue weighted by molar-refractivity contribution is -0.141. The molecule has 4 rings (SSSR count). The Balaban J connectivity index is 1.34. The summed E-state index contributed by atoms with van der Waals surface area (Å²) in [5.74, 6) is 0.628. The maximum atomic E-state index is 13.1. The highest BCUT2D eigenvalue weighted by atomic mass is 16.5. The van der Waals surface area contributed by atoms with Crippen LogP contribution in [0.25, 0.3) is 0 Å². The van der Waals surface area contributed by atoms with Gasteiger partial charge in [-0.15, -0.1) is 0 Å². The van der Waals surface area contributed by atoms with Crippen molar-refractivity contribution in [3.05, 3.63) is 41.2 Å². The Kier molecular flexibility index (Phi) is 5.61. The highest BCUT2D eigenvalue weighted by molar-refractivity contribution is 5.96. The third-order valence-corrected chi connectivity index (χ3v) is 5.98. The SMILES string of the molecule is Cc1noc(C)c1CC(=O)N1CCN(C(=O)[C@@H]2CCCN2C(=O)c2ccco2)CC1. The summed E-state index contributed by atoms with van der Waals surface area (Å²) in [6.07, 6.45) is 3.15. The molecule has 160 valence electrons. The van der Waals surface area contributed by atoms with Gasteiger partial charge in [-0.1, -0.05) is 5.16 Å². The molecule has 2 aliphatic rings. The van der Waals surface area contributed by atoms with Crippen LogP contribution >= 0.6 is 0 Å². The molecule has 0 saturated carbocycles. The summed E-state index contributed by atoms with van der Waals surface area (Å²) in [6, 6.07) is 2.82. The van der Waals surface area contributed by atoms with Gasteiger partial charge in [0, 0.05) is 38.3 Å². The van der Waals surface area contributed by atoms with E-state index in [9.17, 15) is 14.4 Å². The zero-order valence-electron chi connectivity index (χ0n) is 17.3. The number of hydrogen-bond acceptors (Lipinski definition) is 6. The molecule has 2 fully saturated rings. The minimum atomic E-state index is -0.466. The Morgan fingerprint density at radius 1 is 1.10 bits per heavy atom. The number of furan rings is 1. The molecule has 0 aromatic carbocycles. The number of carbonyl (C=O) groups excluding carboxylic acids is 3. The van der Waals surface area contributed by atoms with E-state index in [0.29, 0.717) is 44.9 Å². The van der Waals surface area contributed by atoms with Gasteiger partial charge in [0.1, 0.15) is 11.8 Å². The fourth-order valence-corrected chi connectivity index (χ4v) is 4.21. The molecule has 9 nitrogen and oxygen atoms in total. The first-order chi connectivity index (χ1) is 14.5. The normalized spacial score (nSPS) is 19.4. The monoisotopic (exact) mass is 414 g/mol. The van der Waals surface area contributed by atoms with E-state index in [1.54, 1.807) is 33.8 Å². The summed E-state index contributed by atoms with van der Waals surface area (Å²) < 4.78 is 10.3. The van der Waals surface area contributed by atoms with Gasteiger partial charge in [-0.25, -0.2) is 0 Å². The molecule has 2 aromatic heterocycles. The summed E-state index contributed by atoms with van der Waals surface area (Å²) >= 11 is 0. The number of rotatable bonds is 4. The molecule has 30 heavy (non-hydrogen) atoms. The van der Waals surface area contributed by atoms with Gasteiger partial charge >= 0.3 is 0 Å². The van der Waals surface area contributed by atoms with Gasteiger partial charge < -0.3 is 23.6 Å². The fraction of sp³-hybridized carbons (Fsp3) is 0.524. The number of nitrogens with zero attached hydrogens (tertiary/aromatic N) is 4. The number of hydrogen-bond donors (Lipinski definition) is 0. The third kappa shape index (κ3) is 3.83. The lowest BCUT2D eigenvalue weighted by Crippen LogP contribution is -2.55. The van der Waals surface area contributed by atoms with Crippen molar-refractivity contribution < 1.29 is 23.3 Å². The summed E-state index contributed by atoms with van der Waals surface area (Å²) in [6.45, 7) is 6.06. The molecule has 2 saturated heterocycles. The van der Waals surface area contributed by atoms with Crippen LogP contribution in [0, 0.1) is 13.8 Å². The Bertz CT molecular complexity index is 908. The molecule has 9 heteroatoms. The van der Waals surface area contributed by atoms with Crippen molar-refractivity contribution in [2.75, 3.05) is 32.7 Å². The third-order valence-electron chi connectivity index (χ3n) is 5.98. The second-order valence-electron chi connectivity index (χ2n) is 7.82. The van der Waals surface area contributed by atoms with Crippen molar-refractivity contribution in [1.29, 1.82) is 0 Å². The largest absolute Gasteiger partial charge is 0.459 e. The van der Waals surface area contributed by atoms with Crippen molar-refractivity contribution in [2.45, 2.75) is 39.2 Å². The van der Waals surface area contributed by atoms with Crippen LogP contribution in [-0.2, 0) is 16.0 Å². The van der Waals surface area contributed by atoms with Gasteiger partial charge in [-0.05, 0) is 38.8 Å². The van der Waals surface area contributed by atoms with Gasteiger partial charge in [0.05, 0.1) is 18.4 Å². The van der Waals surface area contributed by atoms with Crippen LogP contribution in [0.4, 0.5) is 0 Å². The zero-order valence-corrected chi connectivity index (χ0v) is 17.3. The number of carbonyl (C=O) groups is 3. The quantitative estimate of drug-likeness (QED) is 0.750. The molecule has 0 spiro atoms. The van der Waals surface area contributed by atoms with Gasteiger partial charge in [-0.3, -0.25) is 14.4 Å². The number of likely N-dealkylation sites (tertiary alicyclic amines) is 1. The number of amides is 3. The van der Waals surface area contributed by atoms with Crippen LogP contribution in [0.5, 0.6) is 0 Å². The average Bonchev–Trinajstić information content (AvgIpc) is 3.51. The molecule has 0 unspecified atom stereocenters. The van der Waals surface area contributed by atoms with E-state index in [1.165, 1.54) is 6.26 Å². The summed E-state index contributed by atoms with van der Waals surface area (Å²) in [4.78, 5) is 43.5. The molecule has 0 radical (unpaired) electrons. The van der Waals surface area contributed by atoms with Crippen molar-refractivity contribution in [3.63, 3.8) is 0 Å². The topological polar surface area (TPSA) is 100 Å². The minimum absolute atomic E-state index is 0.00647. The second kappa shape index (κ2) is 8.33. The summed E-state index contributed by atoms with van der Waals surface area (Å²) in [5.41, 5.74) is 1.56. The summed E-state index contributed by atoms with van der Waals surface area (Å²) in [5, 5.41) is 3.90. The zero-order chi connectivity index (χ0) is 21.3. The van der Waals surface area contributed by atoms with E-state index in [-0.39, 0.29) is 29.9 Å². The van der Waals surface area contributed by atoms with Crippen molar-refractivity contribution in [1.82, 2.24) is 19.9 Å². The van der Waals surface area contributed by atoms with Crippen LogP contribution in [0.15, 0.2) is 27.3 Å². The molecular formula is C21H26N4O5. The Labute approximate surface area is 174 Å². The maximum Gasteiger partial charge on any atom is 0.290 e. The second-order valence-corrected chi connectivity index (χ2v) is 7.82. The molecule has 0 N–H and O–H groups in total. The highest BCUT2D eigenvalue weighted by Gasteiger charge is 2.38. The highest BCUT2D eigenvalue weighted by Crippen LogP contribution is 2.23. The smallest absolute Gasteiger partial charge is 0.290 e. The molecule has 0 bridgehead atoms. The fourth-order valence-electron chi connectivity index (χ4n) is 4.21. The van der Waals surface area contributed by atoms with Gasteiger partial charge in [0.25, 0.3) is 5.91 Å². The Morgan fingerprint density at radius 3 is 2.47 bits per heavy atom. The van der Waals surface area contributed by atoms with E-state index < -0.39 is 6.04 Å². The van der Waals surface area contributed by atoms with E-state index in [4.69, 9.17) is 8.94 Å². The van der Waals surface area contributed by atoms with Crippen molar-refractivity contribution in [2.24, 2.45) is 0 Å². The number of aromatic nitrogens is 1. The van der Waals surface area contributed by atoms with Crippen LogP contribution in [0.1, 0.15) is 40.4 Å². The molecule has 2 aromatic rings. The molecule has 0 aliphatic carbocycles. The number of aryl methyl sites for hydroxylation is 2. The Hall–Kier alpha value is -3.10. The average molecular weight is 414 g/mol. The van der Waals surface area contributed by atoms with E-state index in [1.807, 2.05) is 6.92 Å². The van der Waals surface area contributed by atoms with Crippen LogP contribution < -0.4 is 0 Å². The van der Waals surface area contributed by atoms with Crippen molar-refractivity contribution in [3.8, 4) is 0 Å². The van der Waals surface area contributed by atoms with Crippen LogP contribution in [0.3, 0.4) is 0 Å². The van der Waals surface area contributed by atoms with Gasteiger partial charge in [0.15, 0.2) is 5.76 Å². The summed E-state index contributed by atoms with van der Waals surface area (Å²) in [7, 11) is 0. The van der Waals surface area contributed by atoms with Gasteiger partial charge in [0.2, 0.25) is 11.8 Å². The lowest BCUT2D eigenvalue weighted by Gasteiger charge is -2.37. The predicted octanol–water partition coefficient (Wildman–Crippen LogP) is 1.40. The molecule has 2 aliphatic heterocycles. The molecule has 1 atom stereocenters. The Morgan fingerprint density at radius 2 is 1.83 bits per heavy atom. The van der Waals surface area contributed by atoms with Crippen LogP contribution in [0.2, 0.25) is 0 Å². The number of piperazine rings is 1. The first kappa shape index (κ1) is 20.2. The van der Waals surface area contributed by atoms with E-state index in [0.717, 1.165) is 17.7 Å². The predicted molar refractivity (Wildman–Crippen MR) is 106 cm³/mol. The first-order valence-corrected chi connectivity index (χ1v) is 10.3. The minimum Gasteiger partial charge on any atom is -0.459 e. The van der Waals surface area contributed by atoms with E-state index >= 15 is 0 Å². The molecule has 4 heterocycles. The van der Waals surface area contributed by atoms with E-state index in [2.05, 4.69) is 5.16 Å². The lowest BCUT2D eigenvalue weighted by atomic mass is 10.1. The molecular weight excluding hydrogens is 388 g/mol. The molecule has 3 amide bonds. The van der Waals surface area contributed by atoms with Gasteiger partial charge in [-0.2, -0.15) is 0 Å². The first-order valence-electron chi connectivity index (χ1n) is 10.3. The van der Waals surface area contributed by atoms with Crippen LogP contribution in [-0.4, -0.2) is 76.3 Å². The maximum absolute atomic E-state index is 13.1. The standard InChI is InChI=1S/C21H26N4O5/c1-14-16(15(2)30-22-14)13-19(26)23-8-10-24(11-9-23)20(27)17-5-3-7-25(17)21(28)18-6-4-12-29-18/h4,6,12,17H,3,5,7-11,13H2,1-2H3/t17-/m0/s1. The van der Waals surface area contributed by atoms with Crippen molar-refractivity contribution >= 4 is 17.7 Å².